The summed E-state index contributed by atoms with van der Waals surface area (Å²) < 4.78 is 13.3. The molecule has 3 amide bonds. The van der Waals surface area contributed by atoms with E-state index < -0.39 is 11.8 Å². The largest absolute Gasteiger partial charge is 0.330 e. The number of hydrogen-bond donors (Lipinski definition) is 1. The van der Waals surface area contributed by atoms with Crippen molar-refractivity contribution in [1.82, 2.24) is 9.80 Å². The number of hydrogen-bond acceptors (Lipinski definition) is 3. The van der Waals surface area contributed by atoms with Crippen LogP contribution in [0.5, 0.6) is 0 Å². The number of piperazine rings is 1. The molecule has 0 spiro atoms. The number of halogens is 1. The molecule has 1 aliphatic rings. The molecule has 0 bridgehead atoms. The second kappa shape index (κ2) is 8.43. The number of anilines is 1. The van der Waals surface area contributed by atoms with E-state index in [1.54, 1.807) is 42.2 Å². The average Bonchev–Trinajstić information content (AvgIpc) is 2.68. The summed E-state index contributed by atoms with van der Waals surface area (Å²) in [7, 11) is 0. The van der Waals surface area contributed by atoms with E-state index in [-0.39, 0.29) is 17.8 Å². The third-order valence-electron chi connectivity index (χ3n) is 4.97. The number of nitrogens with zero attached hydrogens (tertiary/aromatic N) is 2. The molecule has 152 valence electrons. The maximum absolute atomic E-state index is 13.3. The van der Waals surface area contributed by atoms with E-state index in [1.165, 1.54) is 17.0 Å². The summed E-state index contributed by atoms with van der Waals surface area (Å²) in [6.07, 6.45) is 0. The van der Waals surface area contributed by atoms with Crippen LogP contribution in [0.2, 0.25) is 0 Å². The number of rotatable bonds is 5. The Hall–Kier alpha value is -3.22. The molecular weight excluding hydrogens is 373 g/mol. The molecule has 1 N–H and O–H groups in total. The minimum absolute atomic E-state index is 0.00343. The molecule has 1 saturated heterocycles. The highest BCUT2D eigenvalue weighted by Crippen LogP contribution is 2.16. The first-order valence-electron chi connectivity index (χ1n) is 9.52. The highest BCUT2D eigenvalue weighted by Gasteiger charge is 2.33. The Kier molecular flexibility index (Phi) is 5.96. The third kappa shape index (κ3) is 4.62. The van der Waals surface area contributed by atoms with Crippen molar-refractivity contribution in [2.45, 2.75) is 33.4 Å². The lowest BCUT2D eigenvalue weighted by Crippen LogP contribution is -2.55. The molecule has 1 heterocycles. The monoisotopic (exact) mass is 397 g/mol. The van der Waals surface area contributed by atoms with Crippen LogP contribution in [0.4, 0.5) is 10.1 Å². The van der Waals surface area contributed by atoms with E-state index in [2.05, 4.69) is 5.32 Å². The Morgan fingerprint density at radius 1 is 1.07 bits per heavy atom. The van der Waals surface area contributed by atoms with E-state index in [0.29, 0.717) is 36.4 Å². The molecule has 0 radical (unpaired) electrons. The van der Waals surface area contributed by atoms with Gasteiger partial charge in [-0.25, -0.2) is 4.39 Å². The smallest absolute Gasteiger partial charge is 0.312 e. The maximum atomic E-state index is 13.3. The normalized spacial score (nSPS) is 14.5. The quantitative estimate of drug-likeness (QED) is 0.789. The summed E-state index contributed by atoms with van der Waals surface area (Å²) in [6.45, 7) is 6.72. The summed E-state index contributed by atoms with van der Waals surface area (Å²) >= 11 is 0. The zero-order chi connectivity index (χ0) is 21.1. The van der Waals surface area contributed by atoms with Crippen LogP contribution in [0.1, 0.15) is 35.3 Å². The van der Waals surface area contributed by atoms with Crippen molar-refractivity contribution < 1.29 is 18.8 Å². The van der Waals surface area contributed by atoms with Crippen LogP contribution in [-0.2, 0) is 16.1 Å². The fourth-order valence-electron chi connectivity index (χ4n) is 3.24. The van der Waals surface area contributed by atoms with Gasteiger partial charge in [-0.05, 0) is 62.2 Å². The van der Waals surface area contributed by atoms with Gasteiger partial charge in [0.1, 0.15) is 5.82 Å². The van der Waals surface area contributed by atoms with E-state index in [9.17, 15) is 18.8 Å². The van der Waals surface area contributed by atoms with Crippen molar-refractivity contribution in [2.75, 3.05) is 18.4 Å². The van der Waals surface area contributed by atoms with Crippen LogP contribution >= 0.6 is 0 Å². The molecule has 29 heavy (non-hydrogen) atoms. The van der Waals surface area contributed by atoms with Gasteiger partial charge in [-0.1, -0.05) is 12.1 Å². The van der Waals surface area contributed by atoms with Crippen LogP contribution in [0.25, 0.3) is 0 Å². The van der Waals surface area contributed by atoms with Crippen molar-refractivity contribution in [3.05, 3.63) is 65.0 Å². The first-order chi connectivity index (χ1) is 13.8. The highest BCUT2D eigenvalue weighted by molar-refractivity contribution is 6.35. The molecule has 2 aromatic carbocycles. The van der Waals surface area contributed by atoms with Crippen molar-refractivity contribution in [3.8, 4) is 0 Å². The van der Waals surface area contributed by atoms with Gasteiger partial charge in [-0.3, -0.25) is 14.4 Å². The van der Waals surface area contributed by atoms with Crippen molar-refractivity contribution >= 4 is 23.4 Å². The lowest BCUT2D eigenvalue weighted by atomic mass is 10.1. The zero-order valence-electron chi connectivity index (χ0n) is 16.7. The Bertz CT molecular complexity index is 941. The molecule has 6 nitrogen and oxygen atoms in total. The van der Waals surface area contributed by atoms with E-state index in [4.69, 9.17) is 0 Å². The first kappa shape index (κ1) is 20.5. The standard InChI is InChI=1S/C22H24FN3O3/c1-14(2)26-11-10-25(21(28)22(26)29)13-16-4-6-17(7-5-16)20(27)24-18-8-9-19(23)15(3)12-18/h4-9,12,14H,10-11,13H2,1-3H3,(H,24,27). The molecule has 1 aliphatic heterocycles. The first-order valence-corrected chi connectivity index (χ1v) is 9.52. The number of carbonyl (C=O) groups excluding carboxylic acids is 3. The number of aryl methyl sites for hydroxylation is 1. The second-order valence-electron chi connectivity index (χ2n) is 7.43. The van der Waals surface area contributed by atoms with Gasteiger partial charge in [-0.15, -0.1) is 0 Å². The molecular formula is C22H24FN3O3. The maximum Gasteiger partial charge on any atom is 0.312 e. The molecule has 1 fully saturated rings. The van der Waals surface area contributed by atoms with Crippen LogP contribution in [0.15, 0.2) is 42.5 Å². The van der Waals surface area contributed by atoms with E-state index in [1.807, 2.05) is 13.8 Å². The van der Waals surface area contributed by atoms with E-state index in [0.717, 1.165) is 5.56 Å². The lowest BCUT2D eigenvalue weighted by molar-refractivity contribution is -0.157. The molecule has 0 aromatic heterocycles. The van der Waals surface area contributed by atoms with Gasteiger partial charge in [0.05, 0.1) is 0 Å². The lowest BCUT2D eigenvalue weighted by Gasteiger charge is -2.36. The van der Waals surface area contributed by atoms with Gasteiger partial charge in [-0.2, -0.15) is 0 Å². The van der Waals surface area contributed by atoms with E-state index >= 15 is 0 Å². The number of carbonyl (C=O) groups is 3. The summed E-state index contributed by atoms with van der Waals surface area (Å²) in [5.41, 5.74) is 2.25. The van der Waals surface area contributed by atoms with Gasteiger partial charge < -0.3 is 15.1 Å². The molecule has 7 heteroatoms. The van der Waals surface area contributed by atoms with Crippen LogP contribution in [-0.4, -0.2) is 46.7 Å². The predicted octanol–water partition coefficient (Wildman–Crippen LogP) is 2.97. The Morgan fingerprint density at radius 3 is 2.38 bits per heavy atom. The topological polar surface area (TPSA) is 69.7 Å². The molecule has 2 aromatic rings. The van der Waals surface area contributed by atoms with Gasteiger partial charge >= 0.3 is 11.8 Å². The number of amides is 3. The van der Waals surface area contributed by atoms with Crippen LogP contribution in [0, 0.1) is 12.7 Å². The summed E-state index contributed by atoms with van der Waals surface area (Å²) in [5, 5.41) is 2.74. The second-order valence-corrected chi connectivity index (χ2v) is 7.43. The van der Waals surface area contributed by atoms with Gasteiger partial charge in [0.15, 0.2) is 0 Å². The third-order valence-corrected chi connectivity index (χ3v) is 4.97. The van der Waals surface area contributed by atoms with Crippen molar-refractivity contribution in [2.24, 2.45) is 0 Å². The number of benzene rings is 2. The molecule has 0 aliphatic carbocycles. The highest BCUT2D eigenvalue weighted by atomic mass is 19.1. The van der Waals surface area contributed by atoms with Gasteiger partial charge in [0.25, 0.3) is 5.91 Å². The Labute approximate surface area is 169 Å². The molecule has 0 unspecified atom stereocenters. The van der Waals surface area contributed by atoms with Crippen molar-refractivity contribution in [3.63, 3.8) is 0 Å². The Balaban J connectivity index is 1.63. The van der Waals surface area contributed by atoms with Crippen molar-refractivity contribution in [1.29, 1.82) is 0 Å². The minimum Gasteiger partial charge on any atom is -0.330 e. The predicted molar refractivity (Wildman–Crippen MR) is 108 cm³/mol. The summed E-state index contributed by atoms with van der Waals surface area (Å²) in [5.74, 6) is -1.61. The van der Waals surface area contributed by atoms with Crippen LogP contribution < -0.4 is 5.32 Å². The molecule has 0 saturated carbocycles. The molecule has 0 atom stereocenters. The minimum atomic E-state index is -0.501. The number of nitrogens with one attached hydrogen (secondary N) is 1. The van der Waals surface area contributed by atoms with Gasteiger partial charge in [0.2, 0.25) is 0 Å². The van der Waals surface area contributed by atoms with Gasteiger partial charge in [0, 0.05) is 36.9 Å². The zero-order valence-corrected chi connectivity index (χ0v) is 16.7. The van der Waals surface area contributed by atoms with Crippen LogP contribution in [0.3, 0.4) is 0 Å². The SMILES string of the molecule is Cc1cc(NC(=O)c2ccc(CN3CCN(C(C)C)C(=O)C3=O)cc2)ccc1F. The summed E-state index contributed by atoms with van der Waals surface area (Å²) in [6, 6.07) is 11.2. The Morgan fingerprint density at radius 2 is 1.76 bits per heavy atom. The molecule has 3 rings (SSSR count). The fourth-order valence-corrected chi connectivity index (χ4v) is 3.24. The fraction of sp³-hybridized carbons (Fsp3) is 0.318. The summed E-state index contributed by atoms with van der Waals surface area (Å²) in [4.78, 5) is 40.0. The average molecular weight is 397 g/mol.